The molecule has 1 fully saturated rings. The third kappa shape index (κ3) is 3.34. The van der Waals surface area contributed by atoms with E-state index in [0.717, 1.165) is 18.4 Å². The monoisotopic (exact) mass is 217 g/mol. The zero-order chi connectivity index (χ0) is 11.6. The summed E-state index contributed by atoms with van der Waals surface area (Å²) in [6.45, 7) is 9.13. The summed E-state index contributed by atoms with van der Waals surface area (Å²) in [7, 11) is 0. The SMILES string of the molecule is CC(C)(C)CNCC1CC1c1ccccc1. The van der Waals surface area contributed by atoms with Gasteiger partial charge in [-0.1, -0.05) is 51.1 Å². The molecule has 1 aromatic carbocycles. The molecule has 0 heterocycles. The molecule has 2 rings (SSSR count). The maximum absolute atomic E-state index is 3.59. The van der Waals surface area contributed by atoms with Crippen LogP contribution in [0.25, 0.3) is 0 Å². The van der Waals surface area contributed by atoms with Crippen LogP contribution in [0.4, 0.5) is 0 Å². The highest BCUT2D eigenvalue weighted by Gasteiger charge is 2.37. The van der Waals surface area contributed by atoms with Gasteiger partial charge in [-0.15, -0.1) is 0 Å². The highest BCUT2D eigenvalue weighted by atomic mass is 14.9. The Labute approximate surface area is 99.3 Å². The molecule has 0 spiro atoms. The molecule has 1 aromatic rings. The average molecular weight is 217 g/mol. The Kier molecular flexibility index (Phi) is 3.34. The third-order valence-electron chi connectivity index (χ3n) is 3.21. The first-order valence-electron chi connectivity index (χ1n) is 6.32. The molecule has 2 atom stereocenters. The van der Waals surface area contributed by atoms with Crippen molar-refractivity contribution in [1.82, 2.24) is 5.32 Å². The molecular formula is C15H23N. The van der Waals surface area contributed by atoms with Crippen LogP contribution < -0.4 is 5.32 Å². The fourth-order valence-corrected chi connectivity index (χ4v) is 2.21. The Morgan fingerprint density at radius 2 is 1.88 bits per heavy atom. The van der Waals surface area contributed by atoms with Gasteiger partial charge in [0, 0.05) is 0 Å². The van der Waals surface area contributed by atoms with E-state index in [4.69, 9.17) is 0 Å². The van der Waals surface area contributed by atoms with E-state index < -0.39 is 0 Å². The van der Waals surface area contributed by atoms with E-state index in [2.05, 4.69) is 56.4 Å². The van der Waals surface area contributed by atoms with Crippen molar-refractivity contribution >= 4 is 0 Å². The van der Waals surface area contributed by atoms with Crippen molar-refractivity contribution in [3.8, 4) is 0 Å². The minimum Gasteiger partial charge on any atom is -0.316 e. The zero-order valence-electron chi connectivity index (χ0n) is 10.7. The van der Waals surface area contributed by atoms with Crippen LogP contribution in [0.15, 0.2) is 30.3 Å². The minimum absolute atomic E-state index is 0.400. The lowest BCUT2D eigenvalue weighted by Crippen LogP contribution is -2.28. The molecule has 1 saturated carbocycles. The Morgan fingerprint density at radius 1 is 1.19 bits per heavy atom. The summed E-state index contributed by atoms with van der Waals surface area (Å²) in [6.07, 6.45) is 1.36. The standard InChI is InChI=1S/C15H23N/c1-15(2,3)11-16-10-13-9-14(13)12-7-5-4-6-8-12/h4-8,13-14,16H,9-11H2,1-3H3. The average Bonchev–Trinajstić information content (AvgIpc) is 2.97. The molecular weight excluding hydrogens is 194 g/mol. The maximum atomic E-state index is 3.59. The Balaban J connectivity index is 1.72. The van der Waals surface area contributed by atoms with Crippen molar-refractivity contribution in [3.63, 3.8) is 0 Å². The number of hydrogen-bond acceptors (Lipinski definition) is 1. The van der Waals surface area contributed by atoms with Gasteiger partial charge in [-0.05, 0) is 42.3 Å². The zero-order valence-corrected chi connectivity index (χ0v) is 10.7. The van der Waals surface area contributed by atoms with Crippen LogP contribution >= 0.6 is 0 Å². The highest BCUT2D eigenvalue weighted by Crippen LogP contribution is 2.46. The molecule has 88 valence electrons. The van der Waals surface area contributed by atoms with Crippen molar-refractivity contribution in [2.45, 2.75) is 33.1 Å². The van der Waals surface area contributed by atoms with Crippen LogP contribution in [0.3, 0.4) is 0 Å². The van der Waals surface area contributed by atoms with Crippen LogP contribution in [0.2, 0.25) is 0 Å². The van der Waals surface area contributed by atoms with E-state index in [9.17, 15) is 0 Å². The second-order valence-electron chi connectivity index (χ2n) is 6.20. The molecule has 0 aromatic heterocycles. The summed E-state index contributed by atoms with van der Waals surface area (Å²) < 4.78 is 0. The van der Waals surface area contributed by atoms with Crippen molar-refractivity contribution in [2.24, 2.45) is 11.3 Å². The molecule has 0 bridgehead atoms. The smallest absolute Gasteiger partial charge is 0.000000524 e. The van der Waals surface area contributed by atoms with Gasteiger partial charge < -0.3 is 5.32 Å². The third-order valence-corrected chi connectivity index (χ3v) is 3.21. The van der Waals surface area contributed by atoms with Crippen LogP contribution in [-0.2, 0) is 0 Å². The fourth-order valence-electron chi connectivity index (χ4n) is 2.21. The predicted octanol–water partition coefficient (Wildman–Crippen LogP) is 3.43. The lowest BCUT2D eigenvalue weighted by Gasteiger charge is -2.18. The fraction of sp³-hybridized carbons (Fsp3) is 0.600. The summed E-state index contributed by atoms with van der Waals surface area (Å²) in [5, 5.41) is 3.59. The van der Waals surface area contributed by atoms with E-state index in [1.165, 1.54) is 18.5 Å². The number of benzene rings is 1. The van der Waals surface area contributed by atoms with Gasteiger partial charge in [0.15, 0.2) is 0 Å². The van der Waals surface area contributed by atoms with E-state index in [-0.39, 0.29) is 0 Å². The maximum Gasteiger partial charge on any atom is -0.000000524 e. The van der Waals surface area contributed by atoms with Gasteiger partial charge in [0.2, 0.25) is 0 Å². The first-order chi connectivity index (χ1) is 7.56. The molecule has 2 unspecified atom stereocenters. The Hall–Kier alpha value is -0.820. The van der Waals surface area contributed by atoms with Crippen LogP contribution in [0, 0.1) is 11.3 Å². The van der Waals surface area contributed by atoms with Gasteiger partial charge >= 0.3 is 0 Å². The van der Waals surface area contributed by atoms with E-state index in [1.807, 2.05) is 0 Å². The number of hydrogen-bond donors (Lipinski definition) is 1. The molecule has 1 N–H and O–H groups in total. The second-order valence-corrected chi connectivity index (χ2v) is 6.20. The molecule has 0 saturated heterocycles. The second kappa shape index (κ2) is 4.58. The largest absolute Gasteiger partial charge is 0.316 e. The minimum atomic E-state index is 0.400. The topological polar surface area (TPSA) is 12.0 Å². The Morgan fingerprint density at radius 3 is 2.50 bits per heavy atom. The summed E-state index contributed by atoms with van der Waals surface area (Å²) in [5.74, 6) is 1.68. The van der Waals surface area contributed by atoms with Gasteiger partial charge in [-0.3, -0.25) is 0 Å². The molecule has 1 heteroatoms. The van der Waals surface area contributed by atoms with E-state index in [0.29, 0.717) is 5.41 Å². The van der Waals surface area contributed by atoms with Crippen molar-refractivity contribution in [2.75, 3.05) is 13.1 Å². The predicted molar refractivity (Wildman–Crippen MR) is 69.6 cm³/mol. The number of nitrogens with one attached hydrogen (secondary N) is 1. The highest BCUT2D eigenvalue weighted by molar-refractivity contribution is 5.25. The first kappa shape index (κ1) is 11.7. The molecule has 0 aliphatic heterocycles. The summed E-state index contributed by atoms with van der Waals surface area (Å²) >= 11 is 0. The quantitative estimate of drug-likeness (QED) is 0.815. The van der Waals surface area contributed by atoms with Gasteiger partial charge in [-0.2, -0.15) is 0 Å². The molecule has 1 nitrogen and oxygen atoms in total. The van der Waals surface area contributed by atoms with Crippen molar-refractivity contribution < 1.29 is 0 Å². The summed E-state index contributed by atoms with van der Waals surface area (Å²) in [6, 6.07) is 10.9. The molecule has 16 heavy (non-hydrogen) atoms. The van der Waals surface area contributed by atoms with E-state index in [1.54, 1.807) is 0 Å². The van der Waals surface area contributed by atoms with Crippen molar-refractivity contribution in [1.29, 1.82) is 0 Å². The Bertz CT molecular complexity index is 323. The lowest BCUT2D eigenvalue weighted by molar-refractivity contribution is 0.376. The molecule has 0 radical (unpaired) electrons. The van der Waals surface area contributed by atoms with Crippen LogP contribution in [0.5, 0.6) is 0 Å². The van der Waals surface area contributed by atoms with Gasteiger partial charge in [0.25, 0.3) is 0 Å². The summed E-state index contributed by atoms with van der Waals surface area (Å²) in [5.41, 5.74) is 1.92. The van der Waals surface area contributed by atoms with Crippen LogP contribution in [-0.4, -0.2) is 13.1 Å². The molecule has 1 aliphatic carbocycles. The van der Waals surface area contributed by atoms with Gasteiger partial charge in [0.05, 0.1) is 0 Å². The van der Waals surface area contributed by atoms with E-state index >= 15 is 0 Å². The first-order valence-corrected chi connectivity index (χ1v) is 6.32. The number of rotatable bonds is 4. The van der Waals surface area contributed by atoms with Crippen molar-refractivity contribution in [3.05, 3.63) is 35.9 Å². The lowest BCUT2D eigenvalue weighted by atomic mass is 9.97. The molecule has 1 aliphatic rings. The van der Waals surface area contributed by atoms with Crippen LogP contribution in [0.1, 0.15) is 38.7 Å². The molecule has 0 amide bonds. The normalized spacial score (nSPS) is 24.4. The van der Waals surface area contributed by atoms with Gasteiger partial charge in [0.1, 0.15) is 0 Å². The summed E-state index contributed by atoms with van der Waals surface area (Å²) in [4.78, 5) is 0. The van der Waals surface area contributed by atoms with Gasteiger partial charge in [-0.25, -0.2) is 0 Å².